The third-order valence-corrected chi connectivity index (χ3v) is 6.68. The molecule has 2 amide bonds. The predicted molar refractivity (Wildman–Crippen MR) is 114 cm³/mol. The molecule has 0 aromatic heterocycles. The van der Waals surface area contributed by atoms with Crippen molar-refractivity contribution in [3.8, 4) is 0 Å². The van der Waals surface area contributed by atoms with E-state index < -0.39 is 10.0 Å². The van der Waals surface area contributed by atoms with Crippen molar-refractivity contribution in [2.75, 3.05) is 4.72 Å². The summed E-state index contributed by atoms with van der Waals surface area (Å²) < 4.78 is 28.1. The van der Waals surface area contributed by atoms with Gasteiger partial charge in [0.05, 0.1) is 28.3 Å². The van der Waals surface area contributed by atoms with Crippen LogP contribution >= 0.6 is 0 Å². The van der Waals surface area contributed by atoms with E-state index in [-0.39, 0.29) is 23.3 Å². The molecule has 6 nitrogen and oxygen atoms in total. The SMILES string of the molecule is Cc1cccc(NS(=O)(=O)c2ccc(CN3C(=O)c4ccccc4C3=O)cc2)c1C. The smallest absolute Gasteiger partial charge is 0.261 e. The Balaban J connectivity index is 1.53. The average Bonchev–Trinajstić information content (AvgIpc) is 2.97. The summed E-state index contributed by atoms with van der Waals surface area (Å²) in [5, 5.41) is 0. The first kappa shape index (κ1) is 19.8. The Hall–Kier alpha value is -3.45. The van der Waals surface area contributed by atoms with Gasteiger partial charge in [0.1, 0.15) is 0 Å². The van der Waals surface area contributed by atoms with Crippen molar-refractivity contribution in [1.29, 1.82) is 0 Å². The first-order valence-corrected chi connectivity index (χ1v) is 10.9. The minimum atomic E-state index is -3.76. The van der Waals surface area contributed by atoms with Crippen LogP contribution in [0.15, 0.2) is 71.6 Å². The molecular weight excluding hydrogens is 400 g/mol. The number of amides is 2. The van der Waals surface area contributed by atoms with Crippen LogP contribution in [0.3, 0.4) is 0 Å². The lowest BCUT2D eigenvalue weighted by Gasteiger charge is -2.15. The Kier molecular flexibility index (Phi) is 4.91. The summed E-state index contributed by atoms with van der Waals surface area (Å²) in [6.07, 6.45) is 0. The second-order valence-electron chi connectivity index (χ2n) is 7.24. The Labute approximate surface area is 175 Å². The van der Waals surface area contributed by atoms with Crippen molar-refractivity contribution < 1.29 is 18.0 Å². The van der Waals surface area contributed by atoms with Crippen LogP contribution in [0.1, 0.15) is 37.4 Å². The van der Waals surface area contributed by atoms with Gasteiger partial charge in [-0.2, -0.15) is 0 Å². The highest BCUT2D eigenvalue weighted by molar-refractivity contribution is 7.92. The minimum absolute atomic E-state index is 0.0804. The largest absolute Gasteiger partial charge is 0.279 e. The molecule has 0 radical (unpaired) electrons. The van der Waals surface area contributed by atoms with Gasteiger partial charge in [-0.05, 0) is 60.9 Å². The number of nitrogens with one attached hydrogen (secondary N) is 1. The summed E-state index contributed by atoms with van der Waals surface area (Å²) in [7, 11) is -3.76. The molecule has 0 atom stereocenters. The number of carbonyl (C=O) groups excluding carboxylic acids is 2. The van der Waals surface area contributed by atoms with Crippen molar-refractivity contribution in [3.05, 3.63) is 94.5 Å². The molecule has 4 rings (SSSR count). The number of imide groups is 1. The van der Waals surface area contributed by atoms with Gasteiger partial charge in [0, 0.05) is 0 Å². The maximum Gasteiger partial charge on any atom is 0.261 e. The molecule has 0 saturated heterocycles. The van der Waals surface area contributed by atoms with E-state index in [9.17, 15) is 18.0 Å². The highest BCUT2D eigenvalue weighted by atomic mass is 32.2. The minimum Gasteiger partial charge on any atom is -0.279 e. The van der Waals surface area contributed by atoms with Gasteiger partial charge >= 0.3 is 0 Å². The van der Waals surface area contributed by atoms with Gasteiger partial charge in [-0.25, -0.2) is 8.42 Å². The molecule has 0 bridgehead atoms. The zero-order valence-corrected chi connectivity index (χ0v) is 17.4. The summed E-state index contributed by atoms with van der Waals surface area (Å²) in [6.45, 7) is 3.86. The number of aryl methyl sites for hydroxylation is 1. The number of nitrogens with zero attached hydrogens (tertiary/aromatic N) is 1. The lowest BCUT2D eigenvalue weighted by Crippen LogP contribution is -2.29. The van der Waals surface area contributed by atoms with Gasteiger partial charge < -0.3 is 0 Å². The fraction of sp³-hybridized carbons (Fsp3) is 0.130. The third-order valence-electron chi connectivity index (χ3n) is 5.30. The van der Waals surface area contributed by atoms with Crippen LogP contribution in [-0.2, 0) is 16.6 Å². The lowest BCUT2D eigenvalue weighted by atomic mass is 10.1. The molecule has 0 saturated carbocycles. The molecule has 0 fully saturated rings. The number of carbonyl (C=O) groups is 2. The van der Waals surface area contributed by atoms with E-state index in [1.54, 1.807) is 48.5 Å². The normalized spacial score (nSPS) is 13.5. The van der Waals surface area contributed by atoms with Crippen LogP contribution in [0, 0.1) is 13.8 Å². The highest BCUT2D eigenvalue weighted by Gasteiger charge is 2.34. The first-order chi connectivity index (χ1) is 14.3. The highest BCUT2D eigenvalue weighted by Crippen LogP contribution is 2.25. The number of hydrogen-bond donors (Lipinski definition) is 1. The maximum atomic E-state index is 12.7. The number of hydrogen-bond acceptors (Lipinski definition) is 4. The quantitative estimate of drug-likeness (QED) is 0.635. The van der Waals surface area contributed by atoms with E-state index in [0.717, 1.165) is 11.1 Å². The molecule has 1 aliphatic rings. The molecular formula is C23H20N2O4S. The zero-order valence-electron chi connectivity index (χ0n) is 16.5. The summed E-state index contributed by atoms with van der Waals surface area (Å²) in [5.74, 6) is -0.687. The fourth-order valence-electron chi connectivity index (χ4n) is 3.40. The number of fused-ring (bicyclic) bond motifs is 1. The Morgan fingerprint density at radius 3 is 2.00 bits per heavy atom. The van der Waals surface area contributed by atoms with Gasteiger partial charge in [0.25, 0.3) is 21.8 Å². The van der Waals surface area contributed by atoms with Crippen molar-refractivity contribution in [2.24, 2.45) is 0 Å². The van der Waals surface area contributed by atoms with Crippen molar-refractivity contribution >= 4 is 27.5 Å². The Bertz CT molecular complexity index is 1230. The summed E-state index contributed by atoms with van der Waals surface area (Å²) >= 11 is 0. The Morgan fingerprint density at radius 2 is 1.40 bits per heavy atom. The number of benzene rings is 3. The average molecular weight is 420 g/mol. The van der Waals surface area contributed by atoms with Gasteiger partial charge in [-0.3, -0.25) is 19.2 Å². The maximum absolute atomic E-state index is 12.7. The fourth-order valence-corrected chi connectivity index (χ4v) is 4.53. The van der Waals surface area contributed by atoms with E-state index in [0.29, 0.717) is 22.4 Å². The molecule has 3 aromatic carbocycles. The van der Waals surface area contributed by atoms with E-state index in [1.165, 1.54) is 17.0 Å². The molecule has 1 heterocycles. The van der Waals surface area contributed by atoms with Crippen molar-refractivity contribution in [3.63, 3.8) is 0 Å². The van der Waals surface area contributed by atoms with E-state index in [4.69, 9.17) is 0 Å². The molecule has 1 N–H and O–H groups in total. The second-order valence-corrected chi connectivity index (χ2v) is 8.92. The summed E-state index contributed by atoms with van der Waals surface area (Å²) in [6, 6.07) is 18.3. The molecule has 7 heteroatoms. The monoisotopic (exact) mass is 420 g/mol. The molecule has 0 unspecified atom stereocenters. The molecule has 30 heavy (non-hydrogen) atoms. The summed E-state index contributed by atoms with van der Waals surface area (Å²) in [5.41, 5.74) is 3.83. The van der Waals surface area contributed by atoms with Crippen LogP contribution in [0.2, 0.25) is 0 Å². The van der Waals surface area contributed by atoms with Gasteiger partial charge in [-0.1, -0.05) is 36.4 Å². The van der Waals surface area contributed by atoms with Crippen LogP contribution in [0.5, 0.6) is 0 Å². The van der Waals surface area contributed by atoms with Crippen LogP contribution in [-0.4, -0.2) is 25.1 Å². The third kappa shape index (κ3) is 3.48. The standard InChI is InChI=1S/C23H20N2O4S/c1-15-6-5-9-21(16(15)2)24-30(28,29)18-12-10-17(11-13-18)14-25-22(26)19-7-3-4-8-20(19)23(25)27/h3-13,24H,14H2,1-2H3. The summed E-state index contributed by atoms with van der Waals surface area (Å²) in [4.78, 5) is 26.3. The predicted octanol–water partition coefficient (Wildman–Crippen LogP) is 3.90. The number of sulfonamides is 1. The van der Waals surface area contributed by atoms with E-state index >= 15 is 0 Å². The van der Waals surface area contributed by atoms with Crippen LogP contribution in [0.25, 0.3) is 0 Å². The van der Waals surface area contributed by atoms with E-state index in [2.05, 4.69) is 4.72 Å². The van der Waals surface area contributed by atoms with Gasteiger partial charge in [0.2, 0.25) is 0 Å². The second kappa shape index (κ2) is 7.42. The van der Waals surface area contributed by atoms with Gasteiger partial charge in [-0.15, -0.1) is 0 Å². The van der Waals surface area contributed by atoms with Crippen molar-refractivity contribution in [1.82, 2.24) is 4.90 Å². The lowest BCUT2D eigenvalue weighted by molar-refractivity contribution is 0.0642. The van der Waals surface area contributed by atoms with Crippen LogP contribution < -0.4 is 4.72 Å². The molecule has 0 spiro atoms. The first-order valence-electron chi connectivity index (χ1n) is 9.41. The molecule has 152 valence electrons. The Morgan fingerprint density at radius 1 is 0.800 bits per heavy atom. The van der Waals surface area contributed by atoms with Crippen molar-refractivity contribution in [2.45, 2.75) is 25.3 Å². The molecule has 0 aliphatic carbocycles. The number of rotatable bonds is 5. The topological polar surface area (TPSA) is 83.6 Å². The van der Waals surface area contributed by atoms with Gasteiger partial charge in [0.15, 0.2) is 0 Å². The van der Waals surface area contributed by atoms with E-state index in [1.807, 2.05) is 19.9 Å². The number of anilines is 1. The molecule has 3 aromatic rings. The zero-order chi connectivity index (χ0) is 21.5. The molecule has 1 aliphatic heterocycles. The van der Waals surface area contributed by atoms with Crippen LogP contribution in [0.4, 0.5) is 5.69 Å².